The molecule has 1 N–H and O–H groups in total. The highest BCUT2D eigenvalue weighted by atomic mass is 16.5. The Morgan fingerprint density at radius 2 is 1.77 bits per heavy atom. The van der Waals surface area contributed by atoms with E-state index in [1.807, 2.05) is 18.2 Å². The zero-order valence-electron chi connectivity index (χ0n) is 14.4. The lowest BCUT2D eigenvalue weighted by Crippen LogP contribution is -2.37. The predicted molar refractivity (Wildman–Crippen MR) is 98.4 cm³/mol. The number of hydrogen-bond donors (Lipinski definition) is 1. The quantitative estimate of drug-likeness (QED) is 0.841. The van der Waals surface area contributed by atoms with Crippen LogP contribution < -0.4 is 0 Å². The van der Waals surface area contributed by atoms with Crippen molar-refractivity contribution >= 4 is 17.4 Å². The number of carbonyl (C=O) groups excluding carboxylic acids is 2. The first-order valence-electron chi connectivity index (χ1n) is 8.57. The average molecular weight is 351 g/mol. The van der Waals surface area contributed by atoms with Crippen LogP contribution >= 0.6 is 0 Å². The maximum Gasteiger partial charge on any atom is 0.310 e. The molecule has 0 radical (unpaired) electrons. The topological polar surface area (TPSA) is 66.8 Å². The third-order valence-electron chi connectivity index (χ3n) is 4.35. The number of amides is 1. The van der Waals surface area contributed by atoms with Crippen molar-refractivity contribution in [3.63, 3.8) is 0 Å². The Hall–Kier alpha value is -3.08. The molecule has 1 aliphatic rings. The van der Waals surface area contributed by atoms with Gasteiger partial charge in [0.05, 0.1) is 6.42 Å². The molecule has 1 aliphatic heterocycles. The SMILES string of the molecule is O=C(Cc1ccc(O)cc1)OCC(=O)N1CC=C(c2ccccc2)CC1. The van der Waals surface area contributed by atoms with Gasteiger partial charge in [0.2, 0.25) is 0 Å². The van der Waals surface area contributed by atoms with E-state index in [-0.39, 0.29) is 24.7 Å². The summed E-state index contributed by atoms with van der Waals surface area (Å²) in [5.41, 5.74) is 3.15. The second-order valence-corrected chi connectivity index (χ2v) is 6.19. The Morgan fingerprint density at radius 1 is 1.04 bits per heavy atom. The van der Waals surface area contributed by atoms with Gasteiger partial charge >= 0.3 is 5.97 Å². The van der Waals surface area contributed by atoms with Gasteiger partial charge in [-0.3, -0.25) is 9.59 Å². The molecule has 2 aromatic carbocycles. The van der Waals surface area contributed by atoms with E-state index in [9.17, 15) is 14.7 Å². The van der Waals surface area contributed by atoms with Crippen LogP contribution in [0.25, 0.3) is 5.57 Å². The minimum Gasteiger partial charge on any atom is -0.508 e. The standard InChI is InChI=1S/C21H21NO4/c23-19-8-6-16(7-9-19)14-21(25)26-15-20(24)22-12-10-18(11-13-22)17-4-2-1-3-5-17/h1-10,23H,11-15H2. The van der Waals surface area contributed by atoms with Crippen LogP contribution in [0.15, 0.2) is 60.7 Å². The number of benzene rings is 2. The maximum atomic E-state index is 12.2. The van der Waals surface area contributed by atoms with E-state index in [1.165, 1.54) is 23.3 Å². The molecule has 5 heteroatoms. The van der Waals surface area contributed by atoms with Crippen molar-refractivity contribution in [1.29, 1.82) is 0 Å². The van der Waals surface area contributed by atoms with Gasteiger partial charge < -0.3 is 14.7 Å². The summed E-state index contributed by atoms with van der Waals surface area (Å²) in [5, 5.41) is 9.23. The van der Waals surface area contributed by atoms with Crippen LogP contribution in [0.5, 0.6) is 5.75 Å². The lowest BCUT2D eigenvalue weighted by Gasteiger charge is -2.26. The highest BCUT2D eigenvalue weighted by molar-refractivity contribution is 5.82. The number of phenols is 1. The number of rotatable bonds is 5. The van der Waals surface area contributed by atoms with Gasteiger partial charge in [0.1, 0.15) is 5.75 Å². The first-order chi connectivity index (χ1) is 12.6. The fourth-order valence-electron chi connectivity index (χ4n) is 2.88. The summed E-state index contributed by atoms with van der Waals surface area (Å²) < 4.78 is 5.09. The summed E-state index contributed by atoms with van der Waals surface area (Å²) in [7, 11) is 0. The lowest BCUT2D eigenvalue weighted by atomic mass is 10.00. The molecular formula is C21H21NO4. The second-order valence-electron chi connectivity index (χ2n) is 6.19. The molecule has 3 rings (SSSR count). The number of esters is 1. The minimum atomic E-state index is -0.457. The van der Waals surface area contributed by atoms with E-state index in [2.05, 4.69) is 18.2 Å². The van der Waals surface area contributed by atoms with Crippen molar-refractivity contribution < 1.29 is 19.4 Å². The summed E-state index contributed by atoms with van der Waals surface area (Å²) in [6, 6.07) is 16.4. The molecule has 0 aliphatic carbocycles. The van der Waals surface area contributed by atoms with Gasteiger partial charge in [0.15, 0.2) is 6.61 Å². The third kappa shape index (κ3) is 4.72. The Balaban J connectivity index is 1.46. The summed E-state index contributed by atoms with van der Waals surface area (Å²) in [6.45, 7) is 0.902. The van der Waals surface area contributed by atoms with Crippen LogP contribution in [-0.2, 0) is 20.7 Å². The molecule has 1 heterocycles. The Bertz CT molecular complexity index is 797. The Kier molecular flexibility index (Phi) is 5.69. The number of carbonyl (C=O) groups is 2. The van der Waals surface area contributed by atoms with Crippen molar-refractivity contribution in [2.24, 2.45) is 0 Å². The predicted octanol–water partition coefficient (Wildman–Crippen LogP) is 2.79. The molecule has 0 bridgehead atoms. The van der Waals surface area contributed by atoms with Crippen LogP contribution in [0.4, 0.5) is 0 Å². The molecule has 2 aromatic rings. The number of phenolic OH excluding ortho intramolecular Hbond substituents is 1. The number of aromatic hydroxyl groups is 1. The highest BCUT2D eigenvalue weighted by Crippen LogP contribution is 2.22. The van der Waals surface area contributed by atoms with E-state index < -0.39 is 5.97 Å². The molecule has 26 heavy (non-hydrogen) atoms. The van der Waals surface area contributed by atoms with Gasteiger partial charge in [-0.1, -0.05) is 48.5 Å². The van der Waals surface area contributed by atoms with Crippen LogP contribution in [0.1, 0.15) is 17.5 Å². The molecule has 0 unspecified atom stereocenters. The molecule has 0 atom stereocenters. The van der Waals surface area contributed by atoms with Gasteiger partial charge in [0.25, 0.3) is 5.91 Å². The summed E-state index contributed by atoms with van der Waals surface area (Å²) in [5.74, 6) is -0.501. The van der Waals surface area contributed by atoms with Crippen molar-refractivity contribution in [3.05, 3.63) is 71.8 Å². The fraction of sp³-hybridized carbons (Fsp3) is 0.238. The van der Waals surface area contributed by atoms with Crippen LogP contribution in [0, 0.1) is 0 Å². The molecule has 0 spiro atoms. The molecule has 0 fully saturated rings. The van der Waals surface area contributed by atoms with Gasteiger partial charge in [-0.15, -0.1) is 0 Å². The first-order valence-corrected chi connectivity index (χ1v) is 8.57. The molecule has 134 valence electrons. The molecule has 0 aromatic heterocycles. The van der Waals surface area contributed by atoms with E-state index >= 15 is 0 Å². The van der Waals surface area contributed by atoms with Gasteiger partial charge in [0, 0.05) is 13.1 Å². The summed E-state index contributed by atoms with van der Waals surface area (Å²) in [4.78, 5) is 25.8. The van der Waals surface area contributed by atoms with Crippen LogP contribution in [-0.4, -0.2) is 41.6 Å². The molecule has 1 amide bonds. The number of hydrogen-bond acceptors (Lipinski definition) is 4. The fourth-order valence-corrected chi connectivity index (χ4v) is 2.88. The minimum absolute atomic E-state index is 0.0750. The van der Waals surface area contributed by atoms with Crippen LogP contribution in [0.2, 0.25) is 0 Å². The van der Waals surface area contributed by atoms with Gasteiger partial charge in [-0.25, -0.2) is 0 Å². The van der Waals surface area contributed by atoms with Crippen molar-refractivity contribution in [2.45, 2.75) is 12.8 Å². The molecule has 0 saturated carbocycles. The van der Waals surface area contributed by atoms with E-state index in [1.54, 1.807) is 17.0 Å². The smallest absolute Gasteiger partial charge is 0.310 e. The molecule has 0 saturated heterocycles. The zero-order chi connectivity index (χ0) is 18.4. The van der Waals surface area contributed by atoms with Crippen molar-refractivity contribution in [3.8, 4) is 5.75 Å². The van der Waals surface area contributed by atoms with E-state index in [0.29, 0.717) is 13.1 Å². The Labute approximate surface area is 152 Å². The zero-order valence-corrected chi connectivity index (χ0v) is 14.4. The first kappa shape index (κ1) is 17.7. The normalized spacial score (nSPS) is 13.8. The summed E-state index contributed by atoms with van der Waals surface area (Å²) >= 11 is 0. The van der Waals surface area contributed by atoms with Crippen molar-refractivity contribution in [2.75, 3.05) is 19.7 Å². The third-order valence-corrected chi connectivity index (χ3v) is 4.35. The maximum absolute atomic E-state index is 12.2. The number of ether oxygens (including phenoxy) is 1. The van der Waals surface area contributed by atoms with Gasteiger partial charge in [-0.2, -0.15) is 0 Å². The highest BCUT2D eigenvalue weighted by Gasteiger charge is 2.19. The molecule has 5 nitrogen and oxygen atoms in total. The largest absolute Gasteiger partial charge is 0.508 e. The van der Waals surface area contributed by atoms with E-state index in [4.69, 9.17) is 4.74 Å². The lowest BCUT2D eigenvalue weighted by molar-refractivity contribution is -0.151. The average Bonchev–Trinajstić information content (AvgIpc) is 2.69. The van der Waals surface area contributed by atoms with Crippen molar-refractivity contribution in [1.82, 2.24) is 4.90 Å². The molecular weight excluding hydrogens is 330 g/mol. The number of nitrogens with zero attached hydrogens (tertiary/aromatic N) is 1. The monoisotopic (exact) mass is 351 g/mol. The van der Waals surface area contributed by atoms with Crippen LogP contribution in [0.3, 0.4) is 0 Å². The Morgan fingerprint density at radius 3 is 2.42 bits per heavy atom. The second kappa shape index (κ2) is 8.34. The van der Waals surface area contributed by atoms with E-state index in [0.717, 1.165) is 12.0 Å². The summed E-state index contributed by atoms with van der Waals surface area (Å²) in [6.07, 6.45) is 2.91. The van der Waals surface area contributed by atoms with Gasteiger partial charge in [-0.05, 0) is 35.3 Å².